The van der Waals surface area contributed by atoms with Crippen molar-refractivity contribution in [1.29, 1.82) is 0 Å². The molecule has 5 heteroatoms. The number of carbonyl (C=O) groups excluding carboxylic acids is 1. The van der Waals surface area contributed by atoms with Crippen LogP contribution in [0.5, 0.6) is 0 Å². The first-order valence-corrected chi connectivity index (χ1v) is 7.48. The summed E-state index contributed by atoms with van der Waals surface area (Å²) in [6.45, 7) is 0.581. The van der Waals surface area contributed by atoms with E-state index in [9.17, 15) is 4.79 Å². The molecule has 23 heavy (non-hydrogen) atoms. The van der Waals surface area contributed by atoms with Gasteiger partial charge in [0.25, 0.3) is 5.91 Å². The summed E-state index contributed by atoms with van der Waals surface area (Å²) in [5, 5.41) is 4.15. The number of para-hydroxylation sites is 1. The third-order valence-corrected chi connectivity index (χ3v) is 3.95. The number of aromatic amines is 1. The van der Waals surface area contributed by atoms with Crippen LogP contribution >= 0.6 is 0 Å². The molecule has 2 aromatic carbocycles. The molecule has 0 radical (unpaired) electrons. The lowest BCUT2D eigenvalue weighted by atomic mass is 10.1. The molecule has 114 valence electrons. The number of rotatable bonds is 4. The van der Waals surface area contributed by atoms with Crippen molar-refractivity contribution in [2.45, 2.75) is 6.42 Å². The molecule has 2 N–H and O–H groups in total. The second-order valence-corrected chi connectivity index (χ2v) is 5.40. The zero-order valence-corrected chi connectivity index (χ0v) is 12.4. The van der Waals surface area contributed by atoms with E-state index in [0.29, 0.717) is 23.2 Å². The van der Waals surface area contributed by atoms with E-state index in [2.05, 4.69) is 21.4 Å². The second kappa shape index (κ2) is 5.61. The molecule has 0 fully saturated rings. The maximum absolute atomic E-state index is 12.2. The molecule has 0 aliphatic heterocycles. The Hall–Kier alpha value is -3.08. The minimum atomic E-state index is -0.102. The molecular weight excluding hydrogens is 290 g/mol. The van der Waals surface area contributed by atoms with Crippen LogP contribution in [-0.2, 0) is 6.42 Å². The van der Waals surface area contributed by atoms with Gasteiger partial charge in [-0.25, -0.2) is 4.98 Å². The van der Waals surface area contributed by atoms with Gasteiger partial charge in [-0.2, -0.15) is 0 Å². The molecule has 2 heterocycles. The van der Waals surface area contributed by atoms with Gasteiger partial charge in [0.15, 0.2) is 12.0 Å². The maximum Gasteiger partial charge on any atom is 0.251 e. The SMILES string of the molecule is O=C(NCCc1c[nH]c2ccccc12)c1ccc2ocnc2c1. The first-order chi connectivity index (χ1) is 11.3. The minimum Gasteiger partial charge on any atom is -0.443 e. The van der Waals surface area contributed by atoms with Crippen molar-refractivity contribution < 1.29 is 9.21 Å². The van der Waals surface area contributed by atoms with E-state index in [1.165, 1.54) is 17.3 Å². The van der Waals surface area contributed by atoms with E-state index in [0.717, 1.165) is 11.9 Å². The van der Waals surface area contributed by atoms with E-state index < -0.39 is 0 Å². The summed E-state index contributed by atoms with van der Waals surface area (Å²) in [7, 11) is 0. The van der Waals surface area contributed by atoms with Crippen LogP contribution in [-0.4, -0.2) is 22.4 Å². The lowest BCUT2D eigenvalue weighted by Crippen LogP contribution is -2.25. The highest BCUT2D eigenvalue weighted by Gasteiger charge is 2.08. The van der Waals surface area contributed by atoms with Crippen LogP contribution < -0.4 is 5.32 Å². The predicted octanol–water partition coefficient (Wildman–Crippen LogP) is 3.28. The molecule has 0 bridgehead atoms. The summed E-state index contributed by atoms with van der Waals surface area (Å²) in [6.07, 6.45) is 4.16. The highest BCUT2D eigenvalue weighted by Crippen LogP contribution is 2.18. The number of aromatic nitrogens is 2. The Kier molecular flexibility index (Phi) is 3.31. The number of nitrogens with one attached hydrogen (secondary N) is 2. The molecule has 1 amide bonds. The molecule has 0 aliphatic carbocycles. The highest BCUT2D eigenvalue weighted by molar-refractivity contribution is 5.97. The molecule has 0 atom stereocenters. The molecule has 5 nitrogen and oxygen atoms in total. The number of oxazole rings is 1. The van der Waals surface area contributed by atoms with Crippen molar-refractivity contribution in [2.24, 2.45) is 0 Å². The normalized spacial score (nSPS) is 11.1. The zero-order chi connectivity index (χ0) is 15.6. The van der Waals surface area contributed by atoms with Gasteiger partial charge in [0.2, 0.25) is 0 Å². The van der Waals surface area contributed by atoms with Gasteiger partial charge in [-0.1, -0.05) is 18.2 Å². The Bertz CT molecular complexity index is 984. The minimum absolute atomic E-state index is 0.102. The van der Waals surface area contributed by atoms with Crippen LogP contribution in [0.25, 0.3) is 22.0 Å². The number of benzene rings is 2. The Morgan fingerprint density at radius 1 is 1.22 bits per heavy atom. The van der Waals surface area contributed by atoms with Gasteiger partial charge in [-0.05, 0) is 36.2 Å². The third kappa shape index (κ3) is 2.57. The van der Waals surface area contributed by atoms with Crippen molar-refractivity contribution >= 4 is 27.9 Å². The fraction of sp³-hybridized carbons (Fsp3) is 0.111. The zero-order valence-electron chi connectivity index (χ0n) is 12.4. The average molecular weight is 305 g/mol. The van der Waals surface area contributed by atoms with Gasteiger partial charge in [0.05, 0.1) is 0 Å². The summed E-state index contributed by atoms with van der Waals surface area (Å²) < 4.78 is 5.18. The smallest absolute Gasteiger partial charge is 0.251 e. The van der Waals surface area contributed by atoms with E-state index in [1.54, 1.807) is 18.2 Å². The first kappa shape index (κ1) is 13.6. The molecule has 2 aromatic heterocycles. The van der Waals surface area contributed by atoms with Gasteiger partial charge in [0, 0.05) is 29.2 Å². The third-order valence-electron chi connectivity index (χ3n) is 3.95. The number of carbonyl (C=O) groups is 1. The van der Waals surface area contributed by atoms with Gasteiger partial charge in [-0.3, -0.25) is 4.79 Å². The van der Waals surface area contributed by atoms with Crippen LogP contribution in [0.3, 0.4) is 0 Å². The Morgan fingerprint density at radius 2 is 2.13 bits per heavy atom. The molecule has 4 aromatic rings. The lowest BCUT2D eigenvalue weighted by molar-refractivity contribution is 0.0954. The lowest BCUT2D eigenvalue weighted by Gasteiger charge is -2.05. The number of amides is 1. The molecule has 0 aliphatic rings. The van der Waals surface area contributed by atoms with Crippen LogP contribution in [0, 0.1) is 0 Å². The largest absolute Gasteiger partial charge is 0.443 e. The molecule has 0 spiro atoms. The first-order valence-electron chi connectivity index (χ1n) is 7.48. The van der Waals surface area contributed by atoms with E-state index in [-0.39, 0.29) is 5.91 Å². The van der Waals surface area contributed by atoms with E-state index in [4.69, 9.17) is 4.42 Å². The summed E-state index contributed by atoms with van der Waals surface area (Å²) in [5.74, 6) is -0.102. The van der Waals surface area contributed by atoms with Crippen molar-refractivity contribution in [3.8, 4) is 0 Å². The summed E-state index contributed by atoms with van der Waals surface area (Å²) in [5.41, 5.74) is 4.28. The quantitative estimate of drug-likeness (QED) is 0.608. The van der Waals surface area contributed by atoms with E-state index in [1.807, 2.05) is 24.4 Å². The molecule has 0 saturated carbocycles. The predicted molar refractivity (Wildman–Crippen MR) is 88.3 cm³/mol. The van der Waals surface area contributed by atoms with Crippen LogP contribution in [0.15, 0.2) is 59.5 Å². The topological polar surface area (TPSA) is 70.9 Å². The number of fused-ring (bicyclic) bond motifs is 2. The molecule has 0 unspecified atom stereocenters. The van der Waals surface area contributed by atoms with Crippen LogP contribution in [0.4, 0.5) is 0 Å². The monoisotopic (exact) mass is 305 g/mol. The fourth-order valence-electron chi connectivity index (χ4n) is 2.75. The summed E-state index contributed by atoms with van der Waals surface area (Å²) in [4.78, 5) is 19.5. The number of nitrogens with zero attached hydrogens (tertiary/aromatic N) is 1. The Labute approximate surface area is 132 Å². The molecule has 4 rings (SSSR count). The Morgan fingerprint density at radius 3 is 3.09 bits per heavy atom. The van der Waals surface area contributed by atoms with Crippen LogP contribution in [0.2, 0.25) is 0 Å². The Balaban J connectivity index is 1.43. The summed E-state index contributed by atoms with van der Waals surface area (Å²) >= 11 is 0. The van der Waals surface area contributed by atoms with Gasteiger partial charge in [0.1, 0.15) is 5.52 Å². The highest BCUT2D eigenvalue weighted by atomic mass is 16.3. The van der Waals surface area contributed by atoms with Crippen molar-refractivity contribution in [2.75, 3.05) is 6.54 Å². The van der Waals surface area contributed by atoms with Crippen molar-refractivity contribution in [3.05, 3.63) is 66.2 Å². The van der Waals surface area contributed by atoms with Gasteiger partial charge in [-0.15, -0.1) is 0 Å². The second-order valence-electron chi connectivity index (χ2n) is 5.40. The standard InChI is InChI=1S/C18H15N3O2/c22-18(12-5-6-17-16(9-12)21-11-23-17)19-8-7-13-10-20-15-4-2-1-3-14(13)15/h1-6,9-11,20H,7-8H2,(H,19,22). The van der Waals surface area contributed by atoms with E-state index >= 15 is 0 Å². The average Bonchev–Trinajstić information content (AvgIpc) is 3.21. The van der Waals surface area contributed by atoms with Gasteiger partial charge >= 0.3 is 0 Å². The summed E-state index contributed by atoms with van der Waals surface area (Å²) in [6, 6.07) is 13.4. The number of hydrogen-bond acceptors (Lipinski definition) is 3. The number of hydrogen-bond donors (Lipinski definition) is 2. The van der Waals surface area contributed by atoms with Gasteiger partial charge < -0.3 is 14.7 Å². The maximum atomic E-state index is 12.2. The van der Waals surface area contributed by atoms with Crippen molar-refractivity contribution in [3.63, 3.8) is 0 Å². The molecular formula is C18H15N3O2. The van der Waals surface area contributed by atoms with Crippen molar-refractivity contribution in [1.82, 2.24) is 15.3 Å². The van der Waals surface area contributed by atoms with Crippen LogP contribution in [0.1, 0.15) is 15.9 Å². The molecule has 0 saturated heterocycles. The number of H-pyrrole nitrogens is 1. The fourth-order valence-corrected chi connectivity index (χ4v) is 2.75.